The SMILES string of the molecule is C[C@H](CN1CCC2(CC1)C(=O)NCN2c1cccc(F)c1)NC(=O)c1cccc(F)c1. The topological polar surface area (TPSA) is 64.7 Å². The number of nitrogens with zero attached hydrogens (tertiary/aromatic N) is 2. The lowest BCUT2D eigenvalue weighted by Gasteiger charge is -2.43. The Labute approximate surface area is 180 Å². The Morgan fingerprint density at radius 1 is 1.13 bits per heavy atom. The van der Waals surface area contributed by atoms with Crippen LogP contribution in [0.3, 0.4) is 0 Å². The van der Waals surface area contributed by atoms with Gasteiger partial charge in [-0.1, -0.05) is 12.1 Å². The minimum absolute atomic E-state index is 0.0242. The van der Waals surface area contributed by atoms with Crippen molar-refractivity contribution in [1.82, 2.24) is 15.5 Å². The van der Waals surface area contributed by atoms with Crippen LogP contribution in [0.15, 0.2) is 48.5 Å². The zero-order chi connectivity index (χ0) is 22.0. The molecule has 0 unspecified atom stereocenters. The second-order valence-electron chi connectivity index (χ2n) is 8.29. The Balaban J connectivity index is 1.36. The van der Waals surface area contributed by atoms with Crippen molar-refractivity contribution in [2.45, 2.75) is 31.3 Å². The number of anilines is 1. The summed E-state index contributed by atoms with van der Waals surface area (Å²) >= 11 is 0. The zero-order valence-corrected chi connectivity index (χ0v) is 17.4. The lowest BCUT2D eigenvalue weighted by Crippen LogP contribution is -2.57. The second-order valence-corrected chi connectivity index (χ2v) is 8.29. The number of hydrogen-bond acceptors (Lipinski definition) is 4. The average Bonchev–Trinajstić information content (AvgIpc) is 3.05. The largest absolute Gasteiger partial charge is 0.348 e. The molecule has 2 aromatic carbocycles. The number of piperidine rings is 1. The van der Waals surface area contributed by atoms with E-state index in [-0.39, 0.29) is 29.2 Å². The molecule has 1 atom stereocenters. The van der Waals surface area contributed by atoms with Crippen LogP contribution >= 0.6 is 0 Å². The molecule has 164 valence electrons. The van der Waals surface area contributed by atoms with Crippen LogP contribution in [0.5, 0.6) is 0 Å². The smallest absolute Gasteiger partial charge is 0.251 e. The molecule has 0 bridgehead atoms. The van der Waals surface area contributed by atoms with Crippen molar-refractivity contribution < 1.29 is 18.4 Å². The van der Waals surface area contributed by atoms with Gasteiger partial charge in [0.1, 0.15) is 17.2 Å². The fourth-order valence-corrected chi connectivity index (χ4v) is 4.54. The van der Waals surface area contributed by atoms with Crippen LogP contribution in [0.4, 0.5) is 14.5 Å². The number of carbonyl (C=O) groups is 2. The van der Waals surface area contributed by atoms with Crippen molar-refractivity contribution in [3.63, 3.8) is 0 Å². The molecule has 8 heteroatoms. The predicted molar refractivity (Wildman–Crippen MR) is 114 cm³/mol. The normalized spacial score (nSPS) is 19.3. The lowest BCUT2D eigenvalue weighted by atomic mass is 9.85. The number of halogens is 2. The van der Waals surface area contributed by atoms with Gasteiger partial charge in [0.05, 0.1) is 6.67 Å². The minimum atomic E-state index is -0.682. The molecule has 1 spiro atoms. The maximum atomic E-state index is 13.7. The van der Waals surface area contributed by atoms with Gasteiger partial charge in [0, 0.05) is 36.9 Å². The van der Waals surface area contributed by atoms with E-state index in [0.29, 0.717) is 44.8 Å². The van der Waals surface area contributed by atoms with E-state index >= 15 is 0 Å². The van der Waals surface area contributed by atoms with E-state index in [1.54, 1.807) is 12.1 Å². The van der Waals surface area contributed by atoms with Gasteiger partial charge in [-0.15, -0.1) is 0 Å². The van der Waals surface area contributed by atoms with Crippen LogP contribution < -0.4 is 15.5 Å². The van der Waals surface area contributed by atoms with E-state index < -0.39 is 11.4 Å². The molecular formula is C23H26F2N4O2. The zero-order valence-electron chi connectivity index (χ0n) is 17.4. The minimum Gasteiger partial charge on any atom is -0.348 e. The Hall–Kier alpha value is -3.00. The number of nitrogens with one attached hydrogen (secondary N) is 2. The van der Waals surface area contributed by atoms with Crippen molar-refractivity contribution >= 4 is 17.5 Å². The number of carbonyl (C=O) groups excluding carboxylic acids is 2. The first-order valence-electron chi connectivity index (χ1n) is 10.5. The van der Waals surface area contributed by atoms with E-state index in [4.69, 9.17) is 0 Å². The van der Waals surface area contributed by atoms with E-state index in [1.807, 2.05) is 17.9 Å². The van der Waals surface area contributed by atoms with Crippen molar-refractivity contribution in [3.05, 3.63) is 65.7 Å². The summed E-state index contributed by atoms with van der Waals surface area (Å²) in [5.41, 5.74) is 0.304. The molecule has 31 heavy (non-hydrogen) atoms. The molecule has 0 radical (unpaired) electrons. The van der Waals surface area contributed by atoms with Gasteiger partial charge in [-0.3, -0.25) is 9.59 Å². The average molecular weight is 428 g/mol. The molecule has 0 aromatic heterocycles. The Kier molecular flexibility index (Phi) is 5.91. The number of amides is 2. The fraction of sp³-hybridized carbons (Fsp3) is 0.391. The predicted octanol–water partition coefficient (Wildman–Crippen LogP) is 2.51. The van der Waals surface area contributed by atoms with Gasteiger partial charge in [-0.2, -0.15) is 0 Å². The summed E-state index contributed by atoms with van der Waals surface area (Å²) in [4.78, 5) is 29.2. The standard InChI is InChI=1S/C23H26F2N4O2/c1-16(27-21(30)17-4-2-5-18(24)12-17)14-28-10-8-23(9-11-28)22(31)26-15-29(23)20-7-3-6-19(25)13-20/h2-7,12-13,16H,8-11,14-15H2,1H3,(H,26,31)(H,27,30)/t16-/m1/s1. The summed E-state index contributed by atoms with van der Waals surface area (Å²) in [6, 6.07) is 11.8. The van der Waals surface area contributed by atoms with Crippen molar-refractivity contribution in [1.29, 1.82) is 0 Å². The van der Waals surface area contributed by atoms with E-state index in [0.717, 1.165) is 0 Å². The van der Waals surface area contributed by atoms with Crippen molar-refractivity contribution in [2.75, 3.05) is 31.2 Å². The third-order valence-corrected chi connectivity index (χ3v) is 6.14. The van der Waals surface area contributed by atoms with Crippen molar-refractivity contribution in [2.24, 2.45) is 0 Å². The maximum absolute atomic E-state index is 13.7. The van der Waals surface area contributed by atoms with Crippen LogP contribution in [-0.4, -0.2) is 54.6 Å². The quantitative estimate of drug-likeness (QED) is 0.768. The van der Waals surface area contributed by atoms with Crippen LogP contribution in [-0.2, 0) is 4.79 Å². The number of likely N-dealkylation sites (tertiary alicyclic amines) is 1. The molecule has 2 N–H and O–H groups in total. The molecule has 2 aliphatic heterocycles. The Morgan fingerprint density at radius 3 is 2.48 bits per heavy atom. The Bertz CT molecular complexity index is 976. The first-order chi connectivity index (χ1) is 14.9. The number of rotatable bonds is 5. The second kappa shape index (κ2) is 8.63. The molecule has 0 aliphatic carbocycles. The molecule has 2 heterocycles. The summed E-state index contributed by atoms with van der Waals surface area (Å²) in [5, 5.41) is 5.81. The van der Waals surface area contributed by atoms with Gasteiger partial charge in [0.15, 0.2) is 0 Å². The lowest BCUT2D eigenvalue weighted by molar-refractivity contribution is -0.125. The number of benzene rings is 2. The highest BCUT2D eigenvalue weighted by molar-refractivity contribution is 5.94. The van der Waals surface area contributed by atoms with Gasteiger partial charge < -0.3 is 20.4 Å². The highest BCUT2D eigenvalue weighted by atomic mass is 19.1. The molecule has 2 fully saturated rings. The van der Waals surface area contributed by atoms with Crippen LogP contribution in [0.1, 0.15) is 30.1 Å². The first kappa shape index (κ1) is 21.2. The summed E-state index contributed by atoms with van der Waals surface area (Å²) in [5.74, 6) is -1.11. The molecular weight excluding hydrogens is 402 g/mol. The van der Waals surface area contributed by atoms with E-state index in [2.05, 4.69) is 15.5 Å². The highest BCUT2D eigenvalue weighted by Crippen LogP contribution is 2.36. The summed E-state index contributed by atoms with van der Waals surface area (Å²) in [7, 11) is 0. The molecule has 2 aliphatic rings. The summed E-state index contributed by atoms with van der Waals surface area (Å²) in [6.07, 6.45) is 1.22. The van der Waals surface area contributed by atoms with Crippen LogP contribution in [0.2, 0.25) is 0 Å². The first-order valence-corrected chi connectivity index (χ1v) is 10.5. The monoisotopic (exact) mass is 428 g/mol. The molecule has 2 saturated heterocycles. The molecule has 6 nitrogen and oxygen atoms in total. The van der Waals surface area contributed by atoms with E-state index in [1.165, 1.54) is 30.3 Å². The van der Waals surface area contributed by atoms with Crippen molar-refractivity contribution in [3.8, 4) is 0 Å². The third-order valence-electron chi connectivity index (χ3n) is 6.14. The highest BCUT2D eigenvalue weighted by Gasteiger charge is 2.50. The third kappa shape index (κ3) is 4.39. The van der Waals surface area contributed by atoms with Gasteiger partial charge in [-0.25, -0.2) is 8.78 Å². The Morgan fingerprint density at radius 2 is 1.81 bits per heavy atom. The molecule has 2 amide bonds. The van der Waals surface area contributed by atoms with E-state index in [9.17, 15) is 18.4 Å². The van der Waals surface area contributed by atoms with Crippen LogP contribution in [0.25, 0.3) is 0 Å². The fourth-order valence-electron chi connectivity index (χ4n) is 4.54. The van der Waals surface area contributed by atoms with Gasteiger partial charge in [0.25, 0.3) is 5.91 Å². The van der Waals surface area contributed by atoms with Crippen LogP contribution in [0, 0.1) is 11.6 Å². The van der Waals surface area contributed by atoms with Gasteiger partial charge in [-0.05, 0) is 56.2 Å². The summed E-state index contributed by atoms with van der Waals surface area (Å²) < 4.78 is 27.1. The van der Waals surface area contributed by atoms with Gasteiger partial charge in [0.2, 0.25) is 5.91 Å². The van der Waals surface area contributed by atoms with Gasteiger partial charge >= 0.3 is 0 Å². The summed E-state index contributed by atoms with van der Waals surface area (Å²) in [6.45, 7) is 4.25. The number of hydrogen-bond donors (Lipinski definition) is 2. The molecule has 2 aromatic rings. The molecule has 4 rings (SSSR count). The maximum Gasteiger partial charge on any atom is 0.251 e. The molecule has 0 saturated carbocycles.